The Hall–Kier alpha value is -12.5. The average molecular weight is 1190 g/mol. The topological polar surface area (TPSA) is 56.6 Å². The van der Waals surface area contributed by atoms with E-state index >= 15 is 0 Å². The molecule has 0 bridgehead atoms. The first-order valence-corrected chi connectivity index (χ1v) is 31.5. The highest BCUT2D eigenvalue weighted by Crippen LogP contribution is 2.43. The molecule has 0 unspecified atom stereocenters. The van der Waals surface area contributed by atoms with Crippen LogP contribution in [-0.4, -0.2) is 25.0 Å². The minimum absolute atomic E-state index is 0.0415. The van der Waals surface area contributed by atoms with Gasteiger partial charge in [0.25, 0.3) is 6.71 Å². The molecule has 20 rings (SSSR count). The Labute approximate surface area is 534 Å². The van der Waals surface area contributed by atoms with Crippen molar-refractivity contribution in [3.8, 4) is 68.7 Å². The predicted molar refractivity (Wildman–Crippen MR) is 381 cm³/mol. The molecule has 93 heavy (non-hydrogen) atoms. The summed E-state index contributed by atoms with van der Waals surface area (Å²) in [7, 11) is 0. The van der Waals surface area contributed by atoms with Crippen LogP contribution in [0.2, 0.25) is 0 Å². The van der Waals surface area contributed by atoms with Crippen molar-refractivity contribution >= 4 is 110 Å². The first-order valence-electron chi connectivity index (χ1n) is 31.5. The number of para-hydroxylation sites is 8. The van der Waals surface area contributed by atoms with Crippen LogP contribution < -0.4 is 35.3 Å². The number of rotatable bonds is 8. The molecule has 6 heterocycles. The summed E-state index contributed by atoms with van der Waals surface area (Å²) in [6, 6.07) is 112. The Morgan fingerprint density at radius 3 is 0.892 bits per heavy atom. The van der Waals surface area contributed by atoms with E-state index in [1.165, 1.54) is 65.2 Å². The third kappa shape index (κ3) is 8.48. The highest BCUT2D eigenvalue weighted by atomic mass is 16.5. The van der Waals surface area contributed by atoms with Crippen molar-refractivity contribution in [2.24, 2.45) is 0 Å². The molecular weight excluding hydrogens is 1140 g/mol. The number of benzene rings is 14. The van der Waals surface area contributed by atoms with E-state index in [1.807, 2.05) is 54.6 Å². The molecule has 8 nitrogen and oxygen atoms in total. The summed E-state index contributed by atoms with van der Waals surface area (Å²) < 4.78 is 35.7. The molecule has 9 heteroatoms. The van der Waals surface area contributed by atoms with Gasteiger partial charge in [-0.05, 0) is 132 Å². The van der Waals surface area contributed by atoms with Crippen LogP contribution in [-0.2, 0) is 0 Å². The molecule has 436 valence electrons. The second-order valence-corrected chi connectivity index (χ2v) is 23.9. The van der Waals surface area contributed by atoms with Gasteiger partial charge in [-0.25, -0.2) is 0 Å². The maximum Gasteiger partial charge on any atom is 0.260 e. The summed E-state index contributed by atoms with van der Waals surface area (Å²) in [6.45, 7) is -0.0415. The number of hydrogen-bond donors (Lipinski definition) is 0. The Bertz CT molecular complexity index is 5650. The summed E-state index contributed by atoms with van der Waals surface area (Å²) in [5, 5.41) is 9.67. The van der Waals surface area contributed by atoms with Gasteiger partial charge in [0.1, 0.15) is 46.0 Å². The number of aromatic nitrogens is 4. The van der Waals surface area contributed by atoms with Gasteiger partial charge >= 0.3 is 0 Å². The van der Waals surface area contributed by atoms with Crippen LogP contribution in [0.1, 0.15) is 0 Å². The lowest BCUT2D eigenvalue weighted by molar-refractivity contribution is 0.461. The van der Waals surface area contributed by atoms with Crippen LogP contribution >= 0.6 is 0 Å². The Morgan fingerprint density at radius 1 is 0.215 bits per heavy atom. The van der Waals surface area contributed by atoms with E-state index in [1.54, 1.807) is 0 Å². The van der Waals surface area contributed by atoms with Crippen molar-refractivity contribution in [3.63, 3.8) is 0 Å². The summed E-state index contributed by atoms with van der Waals surface area (Å²) in [4.78, 5) is 0. The van der Waals surface area contributed by atoms with Crippen LogP contribution in [0.5, 0.6) is 46.0 Å². The lowest BCUT2D eigenvalue weighted by Gasteiger charge is -2.33. The first-order chi connectivity index (χ1) is 46.1. The minimum Gasteiger partial charge on any atom is -0.458 e. The zero-order valence-corrected chi connectivity index (χ0v) is 50.1. The quantitative estimate of drug-likeness (QED) is 0.142. The molecule has 2 aliphatic heterocycles. The first kappa shape index (κ1) is 52.5. The molecule has 0 saturated carbocycles. The third-order valence-corrected chi connectivity index (χ3v) is 18.6. The highest BCUT2D eigenvalue weighted by Gasteiger charge is 2.41. The molecule has 0 amide bonds. The van der Waals surface area contributed by atoms with Crippen molar-refractivity contribution in [3.05, 3.63) is 322 Å². The molecule has 0 saturated heterocycles. The lowest BCUT2D eigenvalue weighted by Crippen LogP contribution is -2.57. The summed E-state index contributed by atoms with van der Waals surface area (Å²) in [6.07, 6.45) is 0. The second-order valence-electron chi connectivity index (χ2n) is 23.9. The Morgan fingerprint density at radius 2 is 0.516 bits per heavy atom. The molecule has 18 aromatic rings. The smallest absolute Gasteiger partial charge is 0.260 e. The largest absolute Gasteiger partial charge is 0.458 e. The molecule has 0 atom stereocenters. The molecule has 0 N–H and O–H groups in total. The van der Waals surface area contributed by atoms with E-state index in [0.29, 0.717) is 11.5 Å². The Balaban J connectivity index is 0.000000133. The van der Waals surface area contributed by atoms with Gasteiger partial charge in [0, 0.05) is 102 Å². The third-order valence-electron chi connectivity index (χ3n) is 18.6. The molecular formula is C84H53BN4O4. The van der Waals surface area contributed by atoms with Crippen LogP contribution in [0.25, 0.3) is 110 Å². The van der Waals surface area contributed by atoms with E-state index in [4.69, 9.17) is 18.9 Å². The predicted octanol–water partition coefficient (Wildman–Crippen LogP) is 20.1. The maximum absolute atomic E-state index is 6.76. The van der Waals surface area contributed by atoms with Gasteiger partial charge < -0.3 is 37.2 Å². The standard InChI is InChI=1S/C42H25BN2O2.C42H28N2O2/c1-3-12-26(13-4-1)44-34-18-9-7-16-28(34)30-22-32-40(24-36(30)44)46-38-20-11-21-39-42(38)43(32)33-23-31-29-17-8-10-19-35(29)45(27-14-5-2-6-15-27)37(31)25-41(33)47-39;1-3-12-29(13-4-1)43-39-20-9-7-18-35(39)37-24-22-33(27-41(37)43)45-31-16-11-17-32(26-31)46-34-23-25-38-36-19-8-10-21-40(36)44(42(38)28-34)30-14-5-2-6-15-30/h1-25H;1-28H. The molecule has 14 aromatic carbocycles. The SMILES string of the molecule is c1ccc(-n2c3ccccc3c3cc4c(cc32)Oc2cccc3c2B4c2cc4c5ccccc5n(-c5ccccc5)c4cc2O3)cc1.c1ccc(-n2c3ccccc3c3ccc(Oc4cccc(Oc5ccc6c7ccccc7n(-c7ccccc7)c6c5)c4)cc32)cc1. The fourth-order valence-corrected chi connectivity index (χ4v) is 14.7. The zero-order valence-electron chi connectivity index (χ0n) is 50.1. The van der Waals surface area contributed by atoms with E-state index in [-0.39, 0.29) is 6.71 Å². The van der Waals surface area contributed by atoms with E-state index in [9.17, 15) is 0 Å². The fourth-order valence-electron chi connectivity index (χ4n) is 14.7. The normalized spacial score (nSPS) is 12.2. The van der Waals surface area contributed by atoms with E-state index < -0.39 is 0 Å². The molecule has 0 radical (unpaired) electrons. The van der Waals surface area contributed by atoms with Gasteiger partial charge in [-0.3, -0.25) is 0 Å². The van der Waals surface area contributed by atoms with Gasteiger partial charge in [-0.2, -0.15) is 0 Å². The molecule has 0 aliphatic carbocycles. The molecule has 2 aliphatic rings. The van der Waals surface area contributed by atoms with Gasteiger partial charge in [0.2, 0.25) is 0 Å². The van der Waals surface area contributed by atoms with Crippen molar-refractivity contribution in [1.29, 1.82) is 0 Å². The summed E-state index contributed by atoms with van der Waals surface area (Å²) >= 11 is 0. The Kier molecular flexibility index (Phi) is 11.9. The number of ether oxygens (including phenoxy) is 4. The monoisotopic (exact) mass is 1190 g/mol. The van der Waals surface area contributed by atoms with Crippen molar-refractivity contribution in [2.75, 3.05) is 0 Å². The average Bonchev–Trinajstić information content (AvgIpc) is 1.70. The number of nitrogens with zero attached hydrogens (tertiary/aromatic N) is 4. The van der Waals surface area contributed by atoms with Gasteiger partial charge in [-0.1, -0.05) is 170 Å². The molecule has 0 spiro atoms. The summed E-state index contributed by atoms with van der Waals surface area (Å²) in [5.41, 5.74) is 17.0. The number of hydrogen-bond acceptors (Lipinski definition) is 4. The van der Waals surface area contributed by atoms with Crippen molar-refractivity contribution in [1.82, 2.24) is 18.3 Å². The second kappa shape index (κ2) is 21.1. The van der Waals surface area contributed by atoms with Crippen LogP contribution in [0.15, 0.2) is 322 Å². The van der Waals surface area contributed by atoms with Crippen LogP contribution in [0, 0.1) is 0 Å². The van der Waals surface area contributed by atoms with Gasteiger partial charge in [-0.15, -0.1) is 0 Å². The van der Waals surface area contributed by atoms with Crippen LogP contribution in [0.4, 0.5) is 0 Å². The van der Waals surface area contributed by atoms with Gasteiger partial charge in [0.05, 0.1) is 44.1 Å². The van der Waals surface area contributed by atoms with Crippen LogP contribution in [0.3, 0.4) is 0 Å². The molecule has 4 aromatic heterocycles. The highest BCUT2D eigenvalue weighted by molar-refractivity contribution is 6.98. The maximum atomic E-state index is 6.76. The summed E-state index contributed by atoms with van der Waals surface area (Å²) in [5.74, 6) is 6.39. The number of fused-ring (bicyclic) bond motifs is 16. The fraction of sp³-hybridized carbons (Fsp3) is 0. The van der Waals surface area contributed by atoms with Crippen molar-refractivity contribution < 1.29 is 18.9 Å². The lowest BCUT2D eigenvalue weighted by atomic mass is 9.34. The van der Waals surface area contributed by atoms with Crippen molar-refractivity contribution in [2.45, 2.75) is 0 Å². The van der Waals surface area contributed by atoms with E-state index in [0.717, 1.165) is 95.7 Å². The zero-order chi connectivity index (χ0) is 61.1. The van der Waals surface area contributed by atoms with Gasteiger partial charge in [0.15, 0.2) is 0 Å². The minimum atomic E-state index is -0.0415. The molecule has 0 fully saturated rings. The van der Waals surface area contributed by atoms with E-state index in [2.05, 4.69) is 285 Å².